The molecule has 0 amide bonds. The van der Waals surface area contributed by atoms with Gasteiger partial charge in [0.2, 0.25) is 0 Å². The number of nitrogens with one attached hydrogen (secondary N) is 2. The largest absolute Gasteiger partial charge is 0.392 e. The maximum atomic E-state index is 15.5. The van der Waals surface area contributed by atoms with Crippen molar-refractivity contribution in [1.29, 1.82) is 0 Å². The number of fused-ring (bicyclic) bond motifs is 1. The Hall–Kier alpha value is -2.58. The number of aliphatic hydroxyl groups is 1. The Kier molecular flexibility index (Phi) is 6.71. The van der Waals surface area contributed by atoms with Crippen molar-refractivity contribution in [1.82, 2.24) is 9.97 Å². The topological polar surface area (TPSA) is 70.1 Å². The number of benzene rings is 2. The first kappa shape index (κ1) is 22.6. The molecule has 0 saturated carbocycles. The van der Waals surface area contributed by atoms with E-state index in [1.165, 1.54) is 0 Å². The zero-order valence-electron chi connectivity index (χ0n) is 17.2. The van der Waals surface area contributed by atoms with Crippen LogP contribution in [0.15, 0.2) is 53.6 Å². The molecule has 32 heavy (non-hydrogen) atoms. The Balaban J connectivity index is 1.68. The van der Waals surface area contributed by atoms with Crippen LogP contribution in [-0.2, 0) is 6.61 Å². The van der Waals surface area contributed by atoms with Crippen molar-refractivity contribution < 1.29 is 9.50 Å². The highest BCUT2D eigenvalue weighted by molar-refractivity contribution is 8.00. The fraction of sp³-hybridized carbons (Fsp3) is 0.130. The Morgan fingerprint density at radius 1 is 1.12 bits per heavy atom. The van der Waals surface area contributed by atoms with E-state index in [4.69, 9.17) is 23.2 Å². The molecule has 0 radical (unpaired) electrons. The first-order chi connectivity index (χ1) is 15.4. The second kappa shape index (κ2) is 9.50. The van der Waals surface area contributed by atoms with Crippen LogP contribution in [0, 0.1) is 12.7 Å². The number of hydrogen-bond acceptors (Lipinski definition) is 6. The van der Waals surface area contributed by atoms with Crippen molar-refractivity contribution in [2.75, 3.05) is 17.1 Å². The lowest BCUT2D eigenvalue weighted by atomic mass is 10.0. The number of nitrogens with zero attached hydrogens (tertiary/aromatic N) is 2. The zero-order chi connectivity index (χ0) is 22.8. The summed E-state index contributed by atoms with van der Waals surface area (Å²) in [6.45, 7) is 1.61. The normalized spacial score (nSPS) is 11.1. The highest BCUT2D eigenvalue weighted by Gasteiger charge is 2.15. The van der Waals surface area contributed by atoms with Gasteiger partial charge in [0.05, 0.1) is 22.8 Å². The average Bonchev–Trinajstić information content (AvgIpc) is 2.79. The quantitative estimate of drug-likeness (QED) is 0.262. The number of halogens is 3. The molecule has 2 aromatic heterocycles. The molecule has 3 N–H and O–H groups in total. The molecule has 4 aromatic rings. The van der Waals surface area contributed by atoms with Gasteiger partial charge in [-0.1, -0.05) is 35.3 Å². The second-order valence-electron chi connectivity index (χ2n) is 7.04. The number of aryl methyl sites for hydroxylation is 1. The SMILES string of the molecule is CNc1cc2nc(C)c(-c3cccc(NSc4cc(Cl)cc(CO)c4Cl)c3F)cc2cn1. The van der Waals surface area contributed by atoms with E-state index in [2.05, 4.69) is 20.0 Å². The molecule has 2 aromatic carbocycles. The summed E-state index contributed by atoms with van der Waals surface area (Å²) in [5.74, 6) is 0.306. The maximum Gasteiger partial charge on any atom is 0.155 e. The molecule has 0 aliphatic rings. The van der Waals surface area contributed by atoms with Crippen LogP contribution in [0.1, 0.15) is 11.3 Å². The third-order valence-electron chi connectivity index (χ3n) is 4.96. The third kappa shape index (κ3) is 4.47. The van der Waals surface area contributed by atoms with Crippen molar-refractivity contribution in [3.05, 3.63) is 75.8 Å². The summed E-state index contributed by atoms with van der Waals surface area (Å²) in [5.41, 5.74) is 3.40. The summed E-state index contributed by atoms with van der Waals surface area (Å²) >= 11 is 13.5. The van der Waals surface area contributed by atoms with Crippen LogP contribution in [0.25, 0.3) is 22.0 Å². The Morgan fingerprint density at radius 3 is 2.69 bits per heavy atom. The van der Waals surface area contributed by atoms with Crippen LogP contribution in [0.2, 0.25) is 10.0 Å². The average molecular weight is 489 g/mol. The lowest BCUT2D eigenvalue weighted by Crippen LogP contribution is -1.98. The van der Waals surface area contributed by atoms with Crippen LogP contribution >= 0.6 is 35.1 Å². The zero-order valence-corrected chi connectivity index (χ0v) is 19.5. The van der Waals surface area contributed by atoms with Crippen LogP contribution in [-0.4, -0.2) is 22.1 Å². The molecular weight excluding hydrogens is 470 g/mol. The third-order valence-corrected chi connectivity index (χ3v) is 6.60. The van der Waals surface area contributed by atoms with Gasteiger partial charge in [-0.3, -0.25) is 4.98 Å². The molecule has 0 bridgehead atoms. The number of rotatable bonds is 6. The summed E-state index contributed by atoms with van der Waals surface area (Å²) < 4.78 is 18.5. The van der Waals surface area contributed by atoms with E-state index in [0.717, 1.165) is 28.7 Å². The molecule has 164 valence electrons. The first-order valence-corrected chi connectivity index (χ1v) is 11.2. The molecule has 0 unspecified atom stereocenters. The lowest BCUT2D eigenvalue weighted by Gasteiger charge is -2.14. The van der Waals surface area contributed by atoms with Crippen molar-refractivity contribution in [3.8, 4) is 11.1 Å². The Morgan fingerprint density at radius 2 is 1.94 bits per heavy atom. The minimum Gasteiger partial charge on any atom is -0.392 e. The number of aliphatic hydroxyl groups excluding tert-OH is 1. The van der Waals surface area contributed by atoms with Gasteiger partial charge in [0.15, 0.2) is 5.82 Å². The predicted molar refractivity (Wildman–Crippen MR) is 131 cm³/mol. The summed E-state index contributed by atoms with van der Waals surface area (Å²) in [4.78, 5) is 9.54. The fourth-order valence-electron chi connectivity index (χ4n) is 3.31. The number of anilines is 2. The van der Waals surface area contributed by atoms with E-state index >= 15 is 4.39 Å². The molecule has 9 heteroatoms. The summed E-state index contributed by atoms with van der Waals surface area (Å²) in [7, 11) is 1.79. The van der Waals surface area contributed by atoms with E-state index in [0.29, 0.717) is 37.3 Å². The fourth-order valence-corrected chi connectivity index (χ4v) is 4.68. The van der Waals surface area contributed by atoms with E-state index in [9.17, 15) is 5.11 Å². The minimum absolute atomic E-state index is 0.240. The molecule has 0 saturated heterocycles. The summed E-state index contributed by atoms with van der Waals surface area (Å²) in [5, 5.41) is 14.1. The molecule has 2 heterocycles. The van der Waals surface area contributed by atoms with Gasteiger partial charge >= 0.3 is 0 Å². The highest BCUT2D eigenvalue weighted by Crippen LogP contribution is 2.37. The molecule has 5 nitrogen and oxygen atoms in total. The van der Waals surface area contributed by atoms with Crippen molar-refractivity contribution >= 4 is 57.6 Å². The standard InChI is InChI=1S/C23H19Cl2FN4OS/c1-12-17(7-13-10-28-21(27-2)9-19(13)29-12)16-4-3-5-18(23(16)26)30-32-20-8-15(24)6-14(11-31)22(20)25/h3-10,30-31H,11H2,1-2H3,(H,27,28). The molecule has 4 rings (SSSR count). The highest BCUT2D eigenvalue weighted by atomic mass is 35.5. The van der Waals surface area contributed by atoms with Crippen LogP contribution in [0.5, 0.6) is 0 Å². The lowest BCUT2D eigenvalue weighted by molar-refractivity contribution is 0.281. The second-order valence-corrected chi connectivity index (χ2v) is 8.70. The van der Waals surface area contributed by atoms with Gasteiger partial charge in [0.1, 0.15) is 5.82 Å². The van der Waals surface area contributed by atoms with E-state index < -0.39 is 5.82 Å². The van der Waals surface area contributed by atoms with E-state index in [-0.39, 0.29) is 12.3 Å². The van der Waals surface area contributed by atoms with E-state index in [1.54, 1.807) is 43.6 Å². The van der Waals surface area contributed by atoms with Crippen LogP contribution in [0.4, 0.5) is 15.9 Å². The molecular formula is C23H19Cl2FN4OS. The Labute approximate surface area is 199 Å². The maximum absolute atomic E-state index is 15.5. The van der Waals surface area contributed by atoms with Crippen molar-refractivity contribution in [2.24, 2.45) is 0 Å². The monoisotopic (exact) mass is 488 g/mol. The smallest absolute Gasteiger partial charge is 0.155 e. The van der Waals surface area contributed by atoms with Gasteiger partial charge in [-0.05, 0) is 48.7 Å². The molecule has 0 atom stereocenters. The van der Waals surface area contributed by atoms with Gasteiger partial charge in [0.25, 0.3) is 0 Å². The number of hydrogen-bond donors (Lipinski definition) is 3. The van der Waals surface area contributed by atoms with Gasteiger partial charge in [0, 0.05) is 51.4 Å². The van der Waals surface area contributed by atoms with Crippen LogP contribution in [0.3, 0.4) is 0 Å². The van der Waals surface area contributed by atoms with Gasteiger partial charge in [-0.15, -0.1) is 0 Å². The number of aromatic nitrogens is 2. The Bertz CT molecular complexity index is 1320. The first-order valence-electron chi connectivity index (χ1n) is 9.67. The molecule has 0 aliphatic heterocycles. The summed E-state index contributed by atoms with van der Waals surface area (Å²) in [6, 6.07) is 12.1. The van der Waals surface area contributed by atoms with Crippen molar-refractivity contribution in [2.45, 2.75) is 18.4 Å². The molecule has 0 aliphatic carbocycles. The predicted octanol–water partition coefficient (Wildman–Crippen LogP) is 6.70. The number of pyridine rings is 2. The van der Waals surface area contributed by atoms with Crippen molar-refractivity contribution in [3.63, 3.8) is 0 Å². The van der Waals surface area contributed by atoms with E-state index in [1.807, 2.05) is 19.1 Å². The minimum atomic E-state index is -0.412. The molecule has 0 spiro atoms. The van der Waals surface area contributed by atoms with Gasteiger partial charge in [-0.2, -0.15) is 0 Å². The van der Waals surface area contributed by atoms with Gasteiger partial charge < -0.3 is 15.1 Å². The summed E-state index contributed by atoms with van der Waals surface area (Å²) in [6.07, 6.45) is 1.72. The van der Waals surface area contributed by atoms with Gasteiger partial charge in [-0.25, -0.2) is 9.37 Å². The van der Waals surface area contributed by atoms with Crippen LogP contribution < -0.4 is 10.0 Å². The molecule has 0 fully saturated rings.